The SMILES string of the molecule is COCCOCC(=O)Nc1c(Cl)cc(Cl)c2c1N=S=N2. The number of nitrogens with one attached hydrogen (secondary N) is 1. The number of nitrogens with zero attached hydrogens (tertiary/aromatic N) is 2. The van der Waals surface area contributed by atoms with Crippen molar-refractivity contribution in [2.24, 2.45) is 8.73 Å². The van der Waals surface area contributed by atoms with E-state index >= 15 is 0 Å². The Morgan fingerprint density at radius 2 is 2.05 bits per heavy atom. The maximum absolute atomic E-state index is 11.8. The summed E-state index contributed by atoms with van der Waals surface area (Å²) in [4.78, 5) is 11.8. The van der Waals surface area contributed by atoms with Crippen LogP contribution in [0.5, 0.6) is 0 Å². The number of hydrogen-bond acceptors (Lipinski definition) is 5. The lowest BCUT2D eigenvalue weighted by Crippen LogP contribution is -2.19. The van der Waals surface area contributed by atoms with Crippen LogP contribution in [0.1, 0.15) is 0 Å². The average molecular weight is 336 g/mol. The summed E-state index contributed by atoms with van der Waals surface area (Å²) < 4.78 is 18.1. The fraction of sp³-hybridized carbons (Fsp3) is 0.364. The molecule has 0 atom stereocenters. The number of carbonyl (C=O) groups is 1. The standard InChI is InChI=1S/C11H11Cl2N3O3S/c1-18-2-3-19-5-8(17)14-9-6(12)4-7(13)10-11(9)16-20-15-10/h4H,2-3,5H2,1H3,(H,14,17). The summed E-state index contributed by atoms with van der Waals surface area (Å²) in [6, 6.07) is 1.52. The molecular weight excluding hydrogens is 325 g/mol. The number of carbonyl (C=O) groups excluding carboxylic acids is 1. The lowest BCUT2D eigenvalue weighted by atomic mass is 10.2. The first-order chi connectivity index (χ1) is 9.63. The van der Waals surface area contributed by atoms with Crippen LogP contribution in [0, 0.1) is 0 Å². The molecule has 1 aliphatic heterocycles. The lowest BCUT2D eigenvalue weighted by molar-refractivity contribution is -0.121. The van der Waals surface area contributed by atoms with E-state index < -0.39 is 0 Å². The highest BCUT2D eigenvalue weighted by molar-refractivity contribution is 7.58. The number of anilines is 1. The molecule has 0 aliphatic carbocycles. The molecule has 0 aromatic heterocycles. The third kappa shape index (κ3) is 3.56. The molecule has 1 amide bonds. The van der Waals surface area contributed by atoms with Gasteiger partial charge in [0.25, 0.3) is 0 Å². The maximum atomic E-state index is 11.8. The Bertz CT molecular complexity index is 603. The lowest BCUT2D eigenvalue weighted by Gasteiger charge is -2.11. The number of benzene rings is 1. The van der Waals surface area contributed by atoms with Crippen LogP contribution in [0.2, 0.25) is 10.0 Å². The largest absolute Gasteiger partial charge is 0.382 e. The van der Waals surface area contributed by atoms with Crippen molar-refractivity contribution in [1.29, 1.82) is 0 Å². The second-order valence-electron chi connectivity index (χ2n) is 3.77. The summed E-state index contributed by atoms with van der Waals surface area (Å²) in [5.41, 5.74) is 1.37. The van der Waals surface area contributed by atoms with E-state index in [2.05, 4.69) is 14.0 Å². The first-order valence-electron chi connectivity index (χ1n) is 5.60. The van der Waals surface area contributed by atoms with E-state index in [1.54, 1.807) is 7.11 Å². The van der Waals surface area contributed by atoms with Gasteiger partial charge < -0.3 is 14.8 Å². The van der Waals surface area contributed by atoms with E-state index in [0.717, 1.165) is 11.4 Å². The minimum atomic E-state index is -0.334. The monoisotopic (exact) mass is 335 g/mol. The van der Waals surface area contributed by atoms with Crippen LogP contribution < -0.4 is 5.32 Å². The molecule has 0 spiro atoms. The van der Waals surface area contributed by atoms with Gasteiger partial charge >= 0.3 is 0 Å². The molecule has 0 unspecified atom stereocenters. The van der Waals surface area contributed by atoms with E-state index in [-0.39, 0.29) is 12.5 Å². The molecule has 1 aromatic carbocycles. The molecule has 0 saturated carbocycles. The fourth-order valence-electron chi connectivity index (χ4n) is 1.48. The van der Waals surface area contributed by atoms with Crippen molar-refractivity contribution in [3.05, 3.63) is 16.1 Å². The van der Waals surface area contributed by atoms with E-state index in [9.17, 15) is 4.79 Å². The van der Waals surface area contributed by atoms with Crippen molar-refractivity contribution in [2.75, 3.05) is 32.2 Å². The minimum Gasteiger partial charge on any atom is -0.382 e. The predicted molar refractivity (Wildman–Crippen MR) is 79.3 cm³/mol. The summed E-state index contributed by atoms with van der Waals surface area (Å²) >= 11 is 13.1. The molecule has 0 bridgehead atoms. The normalized spacial score (nSPS) is 12.2. The molecule has 0 saturated heterocycles. The first-order valence-corrected chi connectivity index (χ1v) is 7.09. The number of ether oxygens (including phenoxy) is 2. The Morgan fingerprint density at radius 3 is 2.80 bits per heavy atom. The molecule has 108 valence electrons. The van der Waals surface area contributed by atoms with E-state index in [4.69, 9.17) is 32.7 Å². The van der Waals surface area contributed by atoms with Gasteiger partial charge in [-0.15, -0.1) is 0 Å². The van der Waals surface area contributed by atoms with Gasteiger partial charge in [-0.2, -0.15) is 8.73 Å². The third-order valence-electron chi connectivity index (χ3n) is 2.37. The molecule has 6 nitrogen and oxygen atoms in total. The Morgan fingerprint density at radius 1 is 1.30 bits per heavy atom. The molecular formula is C11H11Cl2N3O3S. The molecule has 2 rings (SSSR count). The Labute approximate surface area is 129 Å². The number of hydrogen-bond donors (Lipinski definition) is 1. The van der Waals surface area contributed by atoms with E-state index in [1.165, 1.54) is 6.07 Å². The second kappa shape index (κ2) is 7.14. The second-order valence-corrected chi connectivity index (χ2v) is 5.11. The van der Waals surface area contributed by atoms with Crippen LogP contribution in [-0.4, -0.2) is 32.8 Å². The Hall–Kier alpha value is -0.990. The molecule has 1 aliphatic rings. The van der Waals surface area contributed by atoms with Crippen molar-refractivity contribution in [1.82, 2.24) is 0 Å². The highest BCUT2D eigenvalue weighted by Crippen LogP contribution is 2.47. The topological polar surface area (TPSA) is 72.3 Å². The van der Waals surface area contributed by atoms with Gasteiger partial charge in [0.05, 0.1) is 40.3 Å². The van der Waals surface area contributed by atoms with Crippen LogP contribution >= 0.6 is 23.2 Å². The van der Waals surface area contributed by atoms with Gasteiger partial charge in [0, 0.05) is 7.11 Å². The zero-order chi connectivity index (χ0) is 14.5. The van der Waals surface area contributed by atoms with Crippen LogP contribution in [0.15, 0.2) is 14.8 Å². The van der Waals surface area contributed by atoms with Crippen LogP contribution in [0.25, 0.3) is 0 Å². The third-order valence-corrected chi connectivity index (χ3v) is 3.49. The molecule has 1 N–H and O–H groups in total. The number of methoxy groups -OCH3 is 1. The van der Waals surface area contributed by atoms with Crippen molar-refractivity contribution >= 4 is 57.5 Å². The highest BCUT2D eigenvalue weighted by Gasteiger charge is 2.20. The molecule has 0 fully saturated rings. The summed E-state index contributed by atoms with van der Waals surface area (Å²) in [5, 5.41) is 3.35. The van der Waals surface area contributed by atoms with Gasteiger partial charge in [0.1, 0.15) is 18.0 Å². The fourth-order valence-corrected chi connectivity index (χ4v) is 2.64. The molecule has 20 heavy (non-hydrogen) atoms. The number of fused-ring (bicyclic) bond motifs is 1. The van der Waals surface area contributed by atoms with E-state index in [1.807, 2.05) is 0 Å². The summed E-state index contributed by atoms with van der Waals surface area (Å²) in [5.74, 6) is -0.334. The van der Waals surface area contributed by atoms with Gasteiger partial charge in [-0.05, 0) is 6.07 Å². The smallest absolute Gasteiger partial charge is 0.250 e. The maximum Gasteiger partial charge on any atom is 0.250 e. The molecule has 9 heteroatoms. The summed E-state index contributed by atoms with van der Waals surface area (Å²) in [7, 11) is 1.56. The number of rotatable bonds is 6. The van der Waals surface area contributed by atoms with Crippen molar-refractivity contribution in [3.63, 3.8) is 0 Å². The summed E-state index contributed by atoms with van der Waals surface area (Å²) in [6.07, 6.45) is 0. The first kappa shape index (κ1) is 15.4. The quantitative estimate of drug-likeness (QED) is 0.823. The minimum absolute atomic E-state index is 0.0959. The van der Waals surface area contributed by atoms with Gasteiger partial charge in [0.15, 0.2) is 0 Å². The van der Waals surface area contributed by atoms with Crippen LogP contribution in [0.3, 0.4) is 0 Å². The molecule has 1 heterocycles. The van der Waals surface area contributed by atoms with Gasteiger partial charge in [0.2, 0.25) is 5.91 Å². The number of amides is 1. The van der Waals surface area contributed by atoms with E-state index in [0.29, 0.717) is 40.3 Å². The van der Waals surface area contributed by atoms with Crippen molar-refractivity contribution in [3.8, 4) is 0 Å². The zero-order valence-corrected chi connectivity index (χ0v) is 12.8. The predicted octanol–water partition coefficient (Wildman–Crippen LogP) is 3.32. The van der Waals surface area contributed by atoms with Crippen molar-refractivity contribution < 1.29 is 14.3 Å². The van der Waals surface area contributed by atoms with Gasteiger partial charge in [-0.25, -0.2) is 0 Å². The Kier molecular flexibility index (Phi) is 5.50. The van der Waals surface area contributed by atoms with Crippen molar-refractivity contribution in [2.45, 2.75) is 0 Å². The average Bonchev–Trinajstić information content (AvgIpc) is 2.89. The van der Waals surface area contributed by atoms with Crippen LogP contribution in [-0.2, 0) is 25.6 Å². The molecule has 1 aromatic rings. The van der Waals surface area contributed by atoms with Gasteiger partial charge in [-0.1, -0.05) is 23.2 Å². The highest BCUT2D eigenvalue weighted by atomic mass is 35.5. The Balaban J connectivity index is 2.05. The van der Waals surface area contributed by atoms with Gasteiger partial charge in [-0.3, -0.25) is 4.79 Å². The molecule has 0 radical (unpaired) electrons. The number of halogens is 2. The summed E-state index contributed by atoms with van der Waals surface area (Å²) in [6.45, 7) is 0.669. The van der Waals surface area contributed by atoms with Crippen LogP contribution in [0.4, 0.5) is 17.1 Å². The zero-order valence-electron chi connectivity index (χ0n) is 10.5.